The SMILES string of the molecule is CC(C)c1ccc(CC(C#N)C(=O)NC(C)(C)C)cc1. The van der Waals surface area contributed by atoms with Crippen molar-refractivity contribution < 1.29 is 4.79 Å². The molecule has 0 aliphatic carbocycles. The summed E-state index contributed by atoms with van der Waals surface area (Å²) in [5.41, 5.74) is 1.97. The first-order valence-electron chi connectivity index (χ1n) is 7.03. The molecule has 108 valence electrons. The lowest BCUT2D eigenvalue weighted by Crippen LogP contribution is -2.44. The highest BCUT2D eigenvalue weighted by Crippen LogP contribution is 2.17. The van der Waals surface area contributed by atoms with Gasteiger partial charge < -0.3 is 5.32 Å². The standard InChI is InChI=1S/C17H24N2O/c1-12(2)14-8-6-13(7-9-14)10-15(11-18)16(20)19-17(3,4)5/h6-9,12,15H,10H2,1-5H3,(H,19,20). The van der Waals surface area contributed by atoms with Gasteiger partial charge in [-0.15, -0.1) is 0 Å². The number of benzene rings is 1. The van der Waals surface area contributed by atoms with Gasteiger partial charge in [0.25, 0.3) is 0 Å². The molecule has 1 atom stereocenters. The largest absolute Gasteiger partial charge is 0.350 e. The van der Waals surface area contributed by atoms with Crippen LogP contribution < -0.4 is 5.32 Å². The topological polar surface area (TPSA) is 52.9 Å². The van der Waals surface area contributed by atoms with Gasteiger partial charge in [0.15, 0.2) is 0 Å². The van der Waals surface area contributed by atoms with Gasteiger partial charge in [-0.25, -0.2) is 0 Å². The van der Waals surface area contributed by atoms with Crippen molar-refractivity contribution >= 4 is 5.91 Å². The predicted molar refractivity (Wildman–Crippen MR) is 81.2 cm³/mol. The maximum atomic E-state index is 12.0. The van der Waals surface area contributed by atoms with Crippen LogP contribution in [0.5, 0.6) is 0 Å². The zero-order valence-corrected chi connectivity index (χ0v) is 13.0. The van der Waals surface area contributed by atoms with E-state index in [1.807, 2.05) is 32.9 Å². The number of nitrogens with zero attached hydrogens (tertiary/aromatic N) is 1. The van der Waals surface area contributed by atoms with Gasteiger partial charge in [0.1, 0.15) is 5.92 Å². The van der Waals surface area contributed by atoms with Crippen LogP contribution in [0.1, 0.15) is 51.7 Å². The van der Waals surface area contributed by atoms with Gasteiger partial charge >= 0.3 is 0 Å². The van der Waals surface area contributed by atoms with Gasteiger partial charge in [-0.3, -0.25) is 4.79 Å². The lowest BCUT2D eigenvalue weighted by molar-refractivity contribution is -0.124. The third kappa shape index (κ3) is 5.05. The molecule has 0 saturated carbocycles. The molecule has 0 radical (unpaired) electrons. The van der Waals surface area contributed by atoms with Crippen molar-refractivity contribution in [1.29, 1.82) is 5.26 Å². The van der Waals surface area contributed by atoms with Crippen molar-refractivity contribution in [3.05, 3.63) is 35.4 Å². The number of carbonyl (C=O) groups is 1. The van der Waals surface area contributed by atoms with E-state index in [1.54, 1.807) is 0 Å². The molecule has 0 fully saturated rings. The Bertz CT molecular complexity index is 489. The minimum atomic E-state index is -0.640. The van der Waals surface area contributed by atoms with Crippen LogP contribution in [0.4, 0.5) is 0 Å². The lowest BCUT2D eigenvalue weighted by Gasteiger charge is -2.22. The second kappa shape index (κ2) is 6.56. The molecule has 1 N–H and O–H groups in total. The maximum absolute atomic E-state index is 12.0. The predicted octanol–water partition coefficient (Wildman–Crippen LogP) is 3.41. The summed E-state index contributed by atoms with van der Waals surface area (Å²) in [6, 6.07) is 10.2. The van der Waals surface area contributed by atoms with E-state index < -0.39 is 5.92 Å². The van der Waals surface area contributed by atoms with Crippen molar-refractivity contribution in [3.8, 4) is 6.07 Å². The molecule has 0 saturated heterocycles. The quantitative estimate of drug-likeness (QED) is 0.913. The summed E-state index contributed by atoms with van der Waals surface area (Å²) in [5, 5.41) is 12.0. The first-order chi connectivity index (χ1) is 9.23. The highest BCUT2D eigenvalue weighted by atomic mass is 16.2. The van der Waals surface area contributed by atoms with E-state index in [4.69, 9.17) is 0 Å². The molecule has 3 nitrogen and oxygen atoms in total. The van der Waals surface area contributed by atoms with Gasteiger partial charge in [0, 0.05) is 5.54 Å². The van der Waals surface area contributed by atoms with Crippen LogP contribution in [0, 0.1) is 17.2 Å². The molecule has 1 aromatic rings. The van der Waals surface area contributed by atoms with E-state index in [1.165, 1.54) is 5.56 Å². The fourth-order valence-electron chi connectivity index (χ4n) is 1.93. The van der Waals surface area contributed by atoms with E-state index in [0.29, 0.717) is 12.3 Å². The van der Waals surface area contributed by atoms with Crippen molar-refractivity contribution in [2.75, 3.05) is 0 Å². The zero-order valence-electron chi connectivity index (χ0n) is 13.0. The van der Waals surface area contributed by atoms with Gasteiger partial charge in [-0.2, -0.15) is 5.26 Å². The fourth-order valence-corrected chi connectivity index (χ4v) is 1.93. The Morgan fingerprint density at radius 1 is 1.25 bits per heavy atom. The Morgan fingerprint density at radius 2 is 1.80 bits per heavy atom. The molecule has 0 heterocycles. The van der Waals surface area contributed by atoms with Crippen molar-refractivity contribution in [2.45, 2.75) is 52.5 Å². The first kappa shape index (κ1) is 16.2. The third-order valence-corrected chi connectivity index (χ3v) is 3.06. The first-order valence-corrected chi connectivity index (χ1v) is 7.03. The van der Waals surface area contributed by atoms with Crippen LogP contribution >= 0.6 is 0 Å². The number of carbonyl (C=O) groups excluding carboxylic acids is 1. The van der Waals surface area contributed by atoms with E-state index in [9.17, 15) is 10.1 Å². The lowest BCUT2D eigenvalue weighted by atomic mass is 9.95. The normalized spacial score (nSPS) is 12.8. The zero-order chi connectivity index (χ0) is 15.3. The molecule has 20 heavy (non-hydrogen) atoms. The summed E-state index contributed by atoms with van der Waals surface area (Å²) in [5.74, 6) is -0.355. The summed E-state index contributed by atoms with van der Waals surface area (Å²) in [6.45, 7) is 10.0. The summed E-state index contributed by atoms with van der Waals surface area (Å²) in [4.78, 5) is 12.0. The van der Waals surface area contributed by atoms with Gasteiger partial charge in [0.05, 0.1) is 6.07 Å². The van der Waals surface area contributed by atoms with E-state index in [-0.39, 0.29) is 11.4 Å². The Kier molecular flexibility index (Phi) is 5.33. The molecule has 0 aliphatic heterocycles. The van der Waals surface area contributed by atoms with Crippen molar-refractivity contribution in [1.82, 2.24) is 5.32 Å². The van der Waals surface area contributed by atoms with Gasteiger partial charge in [0.2, 0.25) is 5.91 Å². The molecule has 0 aliphatic rings. The molecular weight excluding hydrogens is 248 g/mol. The summed E-state index contributed by atoms with van der Waals surface area (Å²) in [6.07, 6.45) is 0.455. The van der Waals surface area contributed by atoms with Crippen molar-refractivity contribution in [2.24, 2.45) is 5.92 Å². The Labute approximate surface area is 122 Å². The van der Waals surface area contributed by atoms with Crippen molar-refractivity contribution in [3.63, 3.8) is 0 Å². The monoisotopic (exact) mass is 272 g/mol. The molecule has 0 bridgehead atoms. The number of hydrogen-bond acceptors (Lipinski definition) is 2. The Hall–Kier alpha value is -1.82. The summed E-state index contributed by atoms with van der Waals surface area (Å²) in [7, 11) is 0. The molecule has 0 aromatic heterocycles. The average molecular weight is 272 g/mol. The highest BCUT2D eigenvalue weighted by molar-refractivity contribution is 5.82. The number of rotatable bonds is 4. The molecule has 0 spiro atoms. The average Bonchev–Trinajstić information content (AvgIpc) is 2.34. The second-order valence-electron chi connectivity index (χ2n) is 6.52. The Balaban J connectivity index is 2.74. The summed E-state index contributed by atoms with van der Waals surface area (Å²) >= 11 is 0. The highest BCUT2D eigenvalue weighted by Gasteiger charge is 2.22. The minimum absolute atomic E-state index is 0.201. The smallest absolute Gasteiger partial charge is 0.238 e. The van der Waals surface area contributed by atoms with Crippen LogP contribution in [0.15, 0.2) is 24.3 Å². The fraction of sp³-hybridized carbons (Fsp3) is 0.529. The van der Waals surface area contributed by atoms with Crippen LogP contribution in [0.25, 0.3) is 0 Å². The summed E-state index contributed by atoms with van der Waals surface area (Å²) < 4.78 is 0. The maximum Gasteiger partial charge on any atom is 0.238 e. The van der Waals surface area contributed by atoms with Crippen LogP contribution in [0.3, 0.4) is 0 Å². The molecule has 1 amide bonds. The number of nitrogens with one attached hydrogen (secondary N) is 1. The van der Waals surface area contributed by atoms with E-state index >= 15 is 0 Å². The molecule has 3 heteroatoms. The number of amides is 1. The molecule has 1 aromatic carbocycles. The third-order valence-electron chi connectivity index (χ3n) is 3.06. The Morgan fingerprint density at radius 3 is 2.20 bits per heavy atom. The van der Waals surface area contributed by atoms with Gasteiger partial charge in [-0.1, -0.05) is 38.1 Å². The molecular formula is C17H24N2O. The van der Waals surface area contributed by atoms with Crippen LogP contribution in [-0.2, 0) is 11.2 Å². The van der Waals surface area contributed by atoms with E-state index in [0.717, 1.165) is 5.56 Å². The second-order valence-corrected chi connectivity index (χ2v) is 6.52. The van der Waals surface area contributed by atoms with Crippen LogP contribution in [-0.4, -0.2) is 11.4 Å². The molecule has 1 rings (SSSR count). The number of hydrogen-bond donors (Lipinski definition) is 1. The van der Waals surface area contributed by atoms with Gasteiger partial charge in [-0.05, 0) is 44.2 Å². The number of nitriles is 1. The van der Waals surface area contributed by atoms with Crippen LogP contribution in [0.2, 0.25) is 0 Å². The van der Waals surface area contributed by atoms with E-state index in [2.05, 4.69) is 37.4 Å². The molecule has 1 unspecified atom stereocenters. The minimum Gasteiger partial charge on any atom is -0.350 e.